The second kappa shape index (κ2) is 7.28. The first-order chi connectivity index (χ1) is 12.8. The van der Waals surface area contributed by atoms with Crippen molar-refractivity contribution in [2.24, 2.45) is 0 Å². The topological polar surface area (TPSA) is 87.1 Å². The van der Waals surface area contributed by atoms with Gasteiger partial charge in [0.1, 0.15) is 17.8 Å². The number of nitriles is 1. The molecule has 0 atom stereocenters. The van der Waals surface area contributed by atoms with Crippen molar-refractivity contribution in [3.8, 4) is 11.8 Å². The van der Waals surface area contributed by atoms with Crippen molar-refractivity contribution in [3.63, 3.8) is 0 Å². The standard InChI is InChI=1S/C19H21N5O2/c1-25-10-9-24-7-4-13(5-8-24)26-18-15(11-20)22-12-16-17(18)14-3-2-6-21-19(14)23-16/h2-3,6,12-13H,4-5,7-10H2,1H3,(H,21,23). The van der Waals surface area contributed by atoms with Gasteiger partial charge in [-0.1, -0.05) is 0 Å². The quantitative estimate of drug-likeness (QED) is 0.760. The van der Waals surface area contributed by atoms with Crippen molar-refractivity contribution in [1.29, 1.82) is 5.26 Å². The molecule has 4 heterocycles. The van der Waals surface area contributed by atoms with Crippen LogP contribution < -0.4 is 4.74 Å². The highest BCUT2D eigenvalue weighted by molar-refractivity contribution is 6.09. The molecule has 134 valence electrons. The van der Waals surface area contributed by atoms with Gasteiger partial charge in [-0.05, 0) is 25.0 Å². The molecule has 0 aromatic carbocycles. The summed E-state index contributed by atoms with van der Waals surface area (Å²) < 4.78 is 11.5. The van der Waals surface area contributed by atoms with Gasteiger partial charge in [-0.2, -0.15) is 5.26 Å². The molecule has 0 spiro atoms. The summed E-state index contributed by atoms with van der Waals surface area (Å²) in [6.45, 7) is 3.62. The Bertz CT molecular complexity index is 954. The summed E-state index contributed by atoms with van der Waals surface area (Å²) in [5.74, 6) is 0.569. The zero-order valence-electron chi connectivity index (χ0n) is 14.7. The van der Waals surface area contributed by atoms with Gasteiger partial charge in [0.15, 0.2) is 11.4 Å². The Morgan fingerprint density at radius 3 is 2.96 bits per heavy atom. The zero-order valence-corrected chi connectivity index (χ0v) is 14.7. The number of aromatic amines is 1. The number of rotatable bonds is 5. The second-order valence-electron chi connectivity index (χ2n) is 6.51. The van der Waals surface area contributed by atoms with Crippen LogP contribution in [0.3, 0.4) is 0 Å². The van der Waals surface area contributed by atoms with Crippen LogP contribution in [0.4, 0.5) is 0 Å². The van der Waals surface area contributed by atoms with Crippen LogP contribution in [0.5, 0.6) is 5.75 Å². The summed E-state index contributed by atoms with van der Waals surface area (Å²) in [6.07, 6.45) is 5.34. The SMILES string of the molecule is COCCN1CCC(Oc2c(C#N)ncc3[nH]c4ncccc4c23)CC1. The lowest BCUT2D eigenvalue weighted by atomic mass is 10.1. The molecule has 0 unspecified atom stereocenters. The highest BCUT2D eigenvalue weighted by Crippen LogP contribution is 2.35. The summed E-state index contributed by atoms with van der Waals surface area (Å²) >= 11 is 0. The third kappa shape index (κ3) is 3.09. The minimum Gasteiger partial charge on any atom is -0.487 e. The van der Waals surface area contributed by atoms with E-state index in [1.807, 2.05) is 12.1 Å². The Kier molecular flexibility index (Phi) is 4.69. The van der Waals surface area contributed by atoms with E-state index in [0.29, 0.717) is 11.4 Å². The van der Waals surface area contributed by atoms with E-state index in [2.05, 4.69) is 25.9 Å². The van der Waals surface area contributed by atoms with Crippen LogP contribution in [0.2, 0.25) is 0 Å². The average Bonchev–Trinajstić information content (AvgIpc) is 3.06. The predicted molar refractivity (Wildman–Crippen MR) is 98.1 cm³/mol. The van der Waals surface area contributed by atoms with Gasteiger partial charge in [-0.25, -0.2) is 9.97 Å². The molecule has 0 amide bonds. The Morgan fingerprint density at radius 1 is 1.35 bits per heavy atom. The van der Waals surface area contributed by atoms with Gasteiger partial charge in [-0.3, -0.25) is 0 Å². The van der Waals surface area contributed by atoms with Gasteiger partial charge in [0.25, 0.3) is 0 Å². The van der Waals surface area contributed by atoms with Crippen molar-refractivity contribution < 1.29 is 9.47 Å². The van der Waals surface area contributed by atoms with Gasteiger partial charge in [0.2, 0.25) is 0 Å². The van der Waals surface area contributed by atoms with E-state index < -0.39 is 0 Å². The largest absolute Gasteiger partial charge is 0.487 e. The number of piperidine rings is 1. The molecule has 0 aliphatic carbocycles. The smallest absolute Gasteiger partial charge is 0.183 e. The highest BCUT2D eigenvalue weighted by atomic mass is 16.5. The fourth-order valence-corrected chi connectivity index (χ4v) is 3.52. The number of ether oxygens (including phenoxy) is 2. The van der Waals surface area contributed by atoms with Gasteiger partial charge in [-0.15, -0.1) is 0 Å². The van der Waals surface area contributed by atoms with E-state index in [-0.39, 0.29) is 6.10 Å². The van der Waals surface area contributed by atoms with E-state index in [0.717, 1.165) is 61.0 Å². The molecule has 4 rings (SSSR count). The molecule has 1 aliphatic heterocycles. The minimum absolute atomic E-state index is 0.0786. The molecule has 0 radical (unpaired) electrons. The van der Waals surface area contributed by atoms with Crippen LogP contribution >= 0.6 is 0 Å². The number of H-pyrrole nitrogens is 1. The van der Waals surface area contributed by atoms with E-state index >= 15 is 0 Å². The minimum atomic E-state index is 0.0786. The molecule has 0 saturated carbocycles. The third-order valence-electron chi connectivity index (χ3n) is 4.90. The van der Waals surface area contributed by atoms with E-state index in [4.69, 9.17) is 9.47 Å². The molecule has 1 N–H and O–H groups in total. The molecule has 7 heteroatoms. The molecule has 3 aromatic heterocycles. The monoisotopic (exact) mass is 351 g/mol. The highest BCUT2D eigenvalue weighted by Gasteiger charge is 2.24. The van der Waals surface area contributed by atoms with Crippen LogP contribution in [0.25, 0.3) is 21.9 Å². The molecule has 1 aliphatic rings. The van der Waals surface area contributed by atoms with Gasteiger partial charge in [0.05, 0.1) is 23.7 Å². The van der Waals surface area contributed by atoms with E-state index in [9.17, 15) is 5.26 Å². The van der Waals surface area contributed by atoms with Gasteiger partial charge in [0, 0.05) is 38.3 Å². The summed E-state index contributed by atoms with van der Waals surface area (Å²) in [5, 5.41) is 11.4. The van der Waals surface area contributed by atoms with E-state index in [1.54, 1.807) is 19.5 Å². The Morgan fingerprint density at radius 2 is 2.19 bits per heavy atom. The number of fused-ring (bicyclic) bond motifs is 3. The van der Waals surface area contributed by atoms with Crippen LogP contribution in [-0.2, 0) is 4.74 Å². The summed E-state index contributed by atoms with van der Waals surface area (Å²) in [5.41, 5.74) is 1.94. The van der Waals surface area contributed by atoms with Gasteiger partial charge < -0.3 is 19.4 Å². The molecule has 1 saturated heterocycles. The molecule has 7 nitrogen and oxygen atoms in total. The Hall–Kier alpha value is -2.69. The van der Waals surface area contributed by atoms with Crippen molar-refractivity contribution in [3.05, 3.63) is 30.2 Å². The maximum atomic E-state index is 9.52. The van der Waals surface area contributed by atoms with Crippen LogP contribution in [0, 0.1) is 11.3 Å². The first-order valence-corrected chi connectivity index (χ1v) is 8.83. The lowest BCUT2D eigenvalue weighted by Gasteiger charge is -2.32. The number of aromatic nitrogens is 3. The van der Waals surface area contributed by atoms with Crippen molar-refractivity contribution in [2.75, 3.05) is 33.4 Å². The predicted octanol–water partition coefficient (Wildman–Crippen LogP) is 2.47. The number of hydrogen-bond acceptors (Lipinski definition) is 6. The summed E-state index contributed by atoms with van der Waals surface area (Å²) in [4.78, 5) is 14.3. The fourth-order valence-electron chi connectivity index (χ4n) is 3.52. The first kappa shape index (κ1) is 16.8. The normalized spacial score (nSPS) is 16.2. The molecule has 1 fully saturated rings. The van der Waals surface area contributed by atoms with Crippen LogP contribution in [0.1, 0.15) is 18.5 Å². The summed E-state index contributed by atoms with van der Waals surface area (Å²) in [7, 11) is 1.73. The maximum Gasteiger partial charge on any atom is 0.183 e. The summed E-state index contributed by atoms with van der Waals surface area (Å²) in [6, 6.07) is 6.05. The first-order valence-electron chi connectivity index (χ1n) is 8.83. The number of methoxy groups -OCH3 is 1. The van der Waals surface area contributed by atoms with Crippen molar-refractivity contribution in [2.45, 2.75) is 18.9 Å². The van der Waals surface area contributed by atoms with Crippen LogP contribution in [0.15, 0.2) is 24.5 Å². The maximum absolute atomic E-state index is 9.52. The molecule has 0 bridgehead atoms. The molecular formula is C19H21N5O2. The van der Waals surface area contributed by atoms with E-state index in [1.165, 1.54) is 0 Å². The third-order valence-corrected chi connectivity index (χ3v) is 4.90. The molecule has 26 heavy (non-hydrogen) atoms. The average molecular weight is 351 g/mol. The Balaban J connectivity index is 1.63. The number of nitrogens with one attached hydrogen (secondary N) is 1. The Labute approximate surface area is 151 Å². The molecule has 3 aromatic rings. The number of nitrogens with zero attached hydrogens (tertiary/aromatic N) is 4. The fraction of sp³-hybridized carbons (Fsp3) is 0.421. The lowest BCUT2D eigenvalue weighted by molar-refractivity contribution is 0.0802. The lowest BCUT2D eigenvalue weighted by Crippen LogP contribution is -2.39. The second-order valence-corrected chi connectivity index (χ2v) is 6.51. The van der Waals surface area contributed by atoms with Crippen molar-refractivity contribution in [1.82, 2.24) is 19.9 Å². The van der Waals surface area contributed by atoms with Gasteiger partial charge >= 0.3 is 0 Å². The number of pyridine rings is 2. The van der Waals surface area contributed by atoms with Crippen LogP contribution in [-0.4, -0.2) is 59.3 Å². The number of likely N-dealkylation sites (tertiary alicyclic amines) is 1. The zero-order chi connectivity index (χ0) is 17.9. The number of hydrogen-bond donors (Lipinski definition) is 1. The van der Waals surface area contributed by atoms with Crippen molar-refractivity contribution >= 4 is 21.9 Å². The molecular weight excluding hydrogens is 330 g/mol.